The van der Waals surface area contributed by atoms with Gasteiger partial charge in [-0.3, -0.25) is 9.79 Å². The van der Waals surface area contributed by atoms with Gasteiger partial charge in [0.2, 0.25) is 0 Å². The maximum absolute atomic E-state index is 11.9. The fourth-order valence-corrected chi connectivity index (χ4v) is 2.20. The minimum atomic E-state index is -0.511. The fraction of sp³-hybridized carbons (Fsp3) is 0.550. The molecule has 0 saturated carbocycles. The van der Waals surface area contributed by atoms with E-state index in [-0.39, 0.29) is 12.0 Å². The van der Waals surface area contributed by atoms with Crippen LogP contribution in [0.25, 0.3) is 0 Å². The fourth-order valence-electron chi connectivity index (χ4n) is 2.20. The zero-order valence-electron chi connectivity index (χ0n) is 18.0. The first kappa shape index (κ1) is 23.3. The van der Waals surface area contributed by atoms with Crippen LogP contribution in [0.1, 0.15) is 36.7 Å². The number of ether oxygens (including phenoxy) is 1. The first-order valence-electron chi connectivity index (χ1n) is 9.22. The van der Waals surface area contributed by atoms with Gasteiger partial charge in [-0.25, -0.2) is 4.79 Å². The summed E-state index contributed by atoms with van der Waals surface area (Å²) >= 11 is 0. The number of guanidine groups is 1. The Balaban J connectivity index is 2.43. The van der Waals surface area contributed by atoms with Crippen LogP contribution in [0.5, 0.6) is 0 Å². The number of amides is 2. The molecule has 0 unspecified atom stereocenters. The normalized spacial score (nSPS) is 11.6. The number of benzene rings is 1. The average Bonchev–Trinajstić information content (AvgIpc) is 2.62. The minimum absolute atomic E-state index is 0.0221. The summed E-state index contributed by atoms with van der Waals surface area (Å²) in [5.41, 5.74) is 1.17. The Hall–Kier alpha value is -2.77. The summed E-state index contributed by atoms with van der Waals surface area (Å²) in [5.74, 6) is 0.608. The van der Waals surface area contributed by atoms with Gasteiger partial charge in [0.25, 0.3) is 5.91 Å². The second-order valence-electron chi connectivity index (χ2n) is 7.65. The predicted molar refractivity (Wildman–Crippen MR) is 112 cm³/mol. The highest BCUT2D eigenvalue weighted by atomic mass is 16.6. The lowest BCUT2D eigenvalue weighted by atomic mass is 10.1. The van der Waals surface area contributed by atoms with E-state index in [9.17, 15) is 9.59 Å². The molecule has 0 bridgehead atoms. The third-order valence-corrected chi connectivity index (χ3v) is 3.74. The smallest absolute Gasteiger partial charge is 0.410 e. The number of likely N-dealkylation sites (N-methyl/N-ethyl adjacent to an activating group) is 1. The third kappa shape index (κ3) is 8.28. The van der Waals surface area contributed by atoms with E-state index in [0.29, 0.717) is 31.2 Å². The maximum Gasteiger partial charge on any atom is 0.410 e. The molecule has 28 heavy (non-hydrogen) atoms. The number of carbonyl (C=O) groups is 2. The molecule has 0 fully saturated rings. The topological polar surface area (TPSA) is 86.3 Å². The summed E-state index contributed by atoms with van der Waals surface area (Å²) in [5, 5.41) is 6.37. The zero-order valence-corrected chi connectivity index (χ0v) is 18.0. The van der Waals surface area contributed by atoms with Crippen molar-refractivity contribution in [3.8, 4) is 0 Å². The van der Waals surface area contributed by atoms with Crippen molar-refractivity contribution in [2.75, 3.05) is 41.3 Å². The van der Waals surface area contributed by atoms with E-state index in [0.717, 1.165) is 5.56 Å². The Morgan fingerprint density at radius 2 is 1.68 bits per heavy atom. The van der Waals surface area contributed by atoms with Crippen molar-refractivity contribution in [2.45, 2.75) is 32.9 Å². The van der Waals surface area contributed by atoms with Crippen molar-refractivity contribution in [3.05, 3.63) is 35.4 Å². The molecule has 0 aliphatic carbocycles. The first-order valence-corrected chi connectivity index (χ1v) is 9.22. The molecular formula is C20H33N5O3. The van der Waals surface area contributed by atoms with E-state index in [1.54, 1.807) is 33.1 Å². The highest BCUT2D eigenvalue weighted by Gasteiger charge is 2.19. The Bertz CT molecular complexity index is 678. The van der Waals surface area contributed by atoms with Gasteiger partial charge in [-0.1, -0.05) is 12.1 Å². The van der Waals surface area contributed by atoms with E-state index < -0.39 is 5.60 Å². The molecule has 0 aromatic heterocycles. The Kier molecular flexibility index (Phi) is 8.76. The van der Waals surface area contributed by atoms with Crippen molar-refractivity contribution < 1.29 is 14.3 Å². The van der Waals surface area contributed by atoms with Crippen LogP contribution in [-0.4, -0.2) is 74.6 Å². The van der Waals surface area contributed by atoms with Crippen LogP contribution in [0, 0.1) is 0 Å². The third-order valence-electron chi connectivity index (χ3n) is 3.74. The van der Waals surface area contributed by atoms with Gasteiger partial charge < -0.3 is 25.2 Å². The lowest BCUT2D eigenvalue weighted by molar-refractivity contribution is 0.0302. The zero-order chi connectivity index (χ0) is 21.3. The number of hydrogen-bond acceptors (Lipinski definition) is 4. The second kappa shape index (κ2) is 10.5. The Morgan fingerprint density at radius 3 is 2.18 bits per heavy atom. The monoisotopic (exact) mass is 391 g/mol. The average molecular weight is 392 g/mol. The molecule has 2 amide bonds. The molecule has 8 heteroatoms. The molecule has 156 valence electrons. The molecule has 0 aliphatic heterocycles. The molecule has 8 nitrogen and oxygen atoms in total. The lowest BCUT2D eigenvalue weighted by Crippen LogP contribution is -2.42. The van der Waals surface area contributed by atoms with Gasteiger partial charge in [-0.2, -0.15) is 0 Å². The van der Waals surface area contributed by atoms with E-state index in [1.807, 2.05) is 45.0 Å². The summed E-state index contributed by atoms with van der Waals surface area (Å²) in [6.07, 6.45) is -0.357. The van der Waals surface area contributed by atoms with Crippen molar-refractivity contribution in [1.82, 2.24) is 20.4 Å². The number of nitrogens with zero attached hydrogens (tertiary/aromatic N) is 3. The van der Waals surface area contributed by atoms with E-state index in [2.05, 4.69) is 15.6 Å². The van der Waals surface area contributed by atoms with Gasteiger partial charge in [0.05, 0.1) is 0 Å². The standard InChI is InChI=1S/C20H33N5O3/c1-20(2,3)28-19(27)25(7)13-12-22-18(21-4)23-14-15-8-10-16(11-9-15)17(26)24(5)6/h8-11H,12-14H2,1-7H3,(H2,21,22,23). The van der Waals surface area contributed by atoms with Gasteiger partial charge in [-0.05, 0) is 38.5 Å². The molecule has 1 rings (SSSR count). The molecule has 0 spiro atoms. The van der Waals surface area contributed by atoms with Crippen molar-refractivity contribution in [1.29, 1.82) is 0 Å². The number of nitrogens with one attached hydrogen (secondary N) is 2. The van der Waals surface area contributed by atoms with Crippen LogP contribution in [0.3, 0.4) is 0 Å². The molecule has 0 radical (unpaired) electrons. The number of aliphatic imine (C=N–C) groups is 1. The van der Waals surface area contributed by atoms with Crippen LogP contribution >= 0.6 is 0 Å². The number of hydrogen-bond donors (Lipinski definition) is 2. The van der Waals surface area contributed by atoms with E-state index in [4.69, 9.17) is 4.74 Å². The van der Waals surface area contributed by atoms with Crippen molar-refractivity contribution in [2.24, 2.45) is 4.99 Å². The van der Waals surface area contributed by atoms with Gasteiger partial charge >= 0.3 is 6.09 Å². The van der Waals surface area contributed by atoms with Crippen molar-refractivity contribution in [3.63, 3.8) is 0 Å². The van der Waals surface area contributed by atoms with Crippen molar-refractivity contribution >= 4 is 18.0 Å². The summed E-state index contributed by atoms with van der Waals surface area (Å²) in [6, 6.07) is 7.44. The largest absolute Gasteiger partial charge is 0.444 e. The van der Waals surface area contributed by atoms with Gasteiger partial charge in [-0.15, -0.1) is 0 Å². The summed E-state index contributed by atoms with van der Waals surface area (Å²) in [6.45, 7) is 7.10. The van der Waals surface area contributed by atoms with Gasteiger partial charge in [0, 0.05) is 53.4 Å². The highest BCUT2D eigenvalue weighted by Crippen LogP contribution is 2.09. The SMILES string of the molecule is CN=C(NCCN(C)C(=O)OC(C)(C)C)NCc1ccc(C(=O)N(C)C)cc1. The van der Waals surface area contributed by atoms with Crippen LogP contribution in [-0.2, 0) is 11.3 Å². The minimum Gasteiger partial charge on any atom is -0.444 e. The summed E-state index contributed by atoms with van der Waals surface area (Å²) in [4.78, 5) is 31.1. The van der Waals surface area contributed by atoms with Gasteiger partial charge in [0.1, 0.15) is 5.60 Å². The maximum atomic E-state index is 11.9. The summed E-state index contributed by atoms with van der Waals surface area (Å²) < 4.78 is 5.32. The lowest BCUT2D eigenvalue weighted by Gasteiger charge is -2.24. The number of carbonyl (C=O) groups excluding carboxylic acids is 2. The van der Waals surface area contributed by atoms with E-state index >= 15 is 0 Å². The highest BCUT2D eigenvalue weighted by molar-refractivity contribution is 5.93. The molecule has 0 aliphatic rings. The molecule has 0 saturated heterocycles. The molecule has 0 atom stereocenters. The summed E-state index contributed by atoms with van der Waals surface area (Å²) in [7, 11) is 6.84. The Labute approximate surface area is 167 Å². The molecule has 1 aromatic rings. The first-order chi connectivity index (χ1) is 13.0. The van der Waals surface area contributed by atoms with E-state index in [1.165, 1.54) is 4.90 Å². The molecule has 0 heterocycles. The molecule has 1 aromatic carbocycles. The van der Waals surface area contributed by atoms with Crippen LogP contribution in [0.15, 0.2) is 29.3 Å². The quantitative estimate of drug-likeness (QED) is 0.572. The molecule has 2 N–H and O–H groups in total. The van der Waals surface area contributed by atoms with Crippen LogP contribution in [0.4, 0.5) is 4.79 Å². The Morgan fingerprint density at radius 1 is 1.07 bits per heavy atom. The molecular weight excluding hydrogens is 358 g/mol. The predicted octanol–water partition coefficient (Wildman–Crippen LogP) is 1.92. The number of rotatable bonds is 6. The van der Waals surface area contributed by atoms with Crippen LogP contribution in [0.2, 0.25) is 0 Å². The second-order valence-corrected chi connectivity index (χ2v) is 7.65. The van der Waals surface area contributed by atoms with Crippen LogP contribution < -0.4 is 10.6 Å². The van der Waals surface area contributed by atoms with Gasteiger partial charge in [0.15, 0.2) is 5.96 Å².